The molecule has 2 amide bonds. The standard InChI is InChI=1S/C21H24N2O3S/c1-3-16-8-10-18(11-9-16)23-20-14-27(25,26)13-19(20)22(21(23)24)12-17-7-5-4-6-15(17)2/h4-11,19-20H,3,12-14H2,1-2H3/t19-,20+/m0/s1. The minimum atomic E-state index is -3.15. The Labute approximate surface area is 160 Å². The predicted octanol–water partition coefficient (Wildman–Crippen LogP) is 3.17. The largest absolute Gasteiger partial charge is 0.325 e. The van der Waals surface area contributed by atoms with Gasteiger partial charge in [0, 0.05) is 12.2 Å². The van der Waals surface area contributed by atoms with E-state index in [-0.39, 0.29) is 29.6 Å². The van der Waals surface area contributed by atoms with Crippen molar-refractivity contribution in [2.45, 2.75) is 38.9 Å². The summed E-state index contributed by atoms with van der Waals surface area (Å²) in [6.45, 7) is 4.53. The highest BCUT2D eigenvalue weighted by Gasteiger charge is 2.53. The number of nitrogens with zero attached hydrogens (tertiary/aromatic N) is 2. The summed E-state index contributed by atoms with van der Waals surface area (Å²) in [6, 6.07) is 15.1. The Balaban J connectivity index is 1.70. The minimum absolute atomic E-state index is 0.0310. The van der Waals surface area contributed by atoms with E-state index in [0.717, 1.165) is 23.2 Å². The number of hydrogen-bond donors (Lipinski definition) is 0. The molecule has 2 aliphatic rings. The summed E-state index contributed by atoms with van der Waals surface area (Å²) in [5.74, 6) is 0.0715. The van der Waals surface area contributed by atoms with E-state index in [4.69, 9.17) is 0 Å². The first-order valence-corrected chi connectivity index (χ1v) is 11.2. The molecule has 0 spiro atoms. The van der Waals surface area contributed by atoms with Crippen molar-refractivity contribution >= 4 is 21.6 Å². The van der Waals surface area contributed by atoms with Gasteiger partial charge in [-0.25, -0.2) is 13.2 Å². The van der Waals surface area contributed by atoms with Crippen molar-refractivity contribution in [3.63, 3.8) is 0 Å². The molecule has 27 heavy (non-hydrogen) atoms. The summed E-state index contributed by atoms with van der Waals surface area (Å²) in [4.78, 5) is 16.7. The molecule has 2 aromatic rings. The number of carbonyl (C=O) groups is 1. The normalized spacial score (nSPS) is 23.7. The zero-order valence-electron chi connectivity index (χ0n) is 15.6. The maximum Gasteiger partial charge on any atom is 0.325 e. The Kier molecular flexibility index (Phi) is 4.46. The number of anilines is 1. The van der Waals surface area contributed by atoms with E-state index in [0.29, 0.717) is 6.54 Å². The molecule has 0 N–H and O–H groups in total. The summed E-state index contributed by atoms with van der Waals surface area (Å²) in [6.07, 6.45) is 0.925. The number of rotatable bonds is 4. The van der Waals surface area contributed by atoms with Crippen LogP contribution < -0.4 is 4.90 Å². The molecule has 2 fully saturated rings. The van der Waals surface area contributed by atoms with E-state index < -0.39 is 9.84 Å². The van der Waals surface area contributed by atoms with Gasteiger partial charge in [0.2, 0.25) is 0 Å². The molecule has 2 aliphatic heterocycles. The lowest BCUT2D eigenvalue weighted by Crippen LogP contribution is -2.37. The summed E-state index contributed by atoms with van der Waals surface area (Å²) in [7, 11) is -3.15. The van der Waals surface area contributed by atoms with Crippen LogP contribution in [0.15, 0.2) is 48.5 Å². The van der Waals surface area contributed by atoms with Gasteiger partial charge in [0.15, 0.2) is 9.84 Å². The zero-order chi connectivity index (χ0) is 19.2. The van der Waals surface area contributed by atoms with Crippen molar-refractivity contribution in [1.29, 1.82) is 0 Å². The third-order valence-corrected chi connectivity index (χ3v) is 7.40. The summed E-state index contributed by atoms with van der Waals surface area (Å²) < 4.78 is 24.7. The molecule has 0 unspecified atom stereocenters. The van der Waals surface area contributed by atoms with Gasteiger partial charge in [0.1, 0.15) is 0 Å². The van der Waals surface area contributed by atoms with Crippen molar-refractivity contribution in [3.8, 4) is 0 Å². The number of hydrogen-bond acceptors (Lipinski definition) is 3. The molecule has 5 nitrogen and oxygen atoms in total. The van der Waals surface area contributed by atoms with Crippen LogP contribution in [0.3, 0.4) is 0 Å². The first-order chi connectivity index (χ1) is 12.9. The lowest BCUT2D eigenvalue weighted by atomic mass is 10.1. The average molecular weight is 385 g/mol. The quantitative estimate of drug-likeness (QED) is 0.761. The van der Waals surface area contributed by atoms with Crippen molar-refractivity contribution < 1.29 is 13.2 Å². The van der Waals surface area contributed by atoms with E-state index >= 15 is 0 Å². The van der Waals surface area contributed by atoms with Crippen molar-refractivity contribution in [3.05, 3.63) is 65.2 Å². The molecular formula is C21H24N2O3S. The van der Waals surface area contributed by atoms with E-state index in [9.17, 15) is 13.2 Å². The van der Waals surface area contributed by atoms with Crippen LogP contribution in [0.25, 0.3) is 0 Å². The van der Waals surface area contributed by atoms with Crippen molar-refractivity contribution in [1.82, 2.24) is 4.90 Å². The molecule has 0 saturated carbocycles. The Morgan fingerprint density at radius 2 is 1.67 bits per heavy atom. The second-order valence-electron chi connectivity index (χ2n) is 7.44. The van der Waals surface area contributed by atoms with Gasteiger partial charge in [0.05, 0.1) is 23.6 Å². The number of carbonyl (C=O) groups excluding carboxylic acids is 1. The number of sulfone groups is 1. The van der Waals surface area contributed by atoms with Crippen LogP contribution in [0.2, 0.25) is 0 Å². The number of fused-ring (bicyclic) bond motifs is 1. The molecule has 0 aromatic heterocycles. The minimum Gasteiger partial charge on any atom is -0.314 e. The lowest BCUT2D eigenvalue weighted by Gasteiger charge is -2.23. The predicted molar refractivity (Wildman–Crippen MR) is 107 cm³/mol. The second-order valence-corrected chi connectivity index (χ2v) is 9.59. The van der Waals surface area contributed by atoms with Crippen LogP contribution in [0, 0.1) is 6.92 Å². The number of urea groups is 1. The summed E-state index contributed by atoms with van der Waals surface area (Å²) >= 11 is 0. The van der Waals surface area contributed by atoms with Crippen LogP contribution in [0.5, 0.6) is 0 Å². The van der Waals surface area contributed by atoms with Crippen molar-refractivity contribution in [2.24, 2.45) is 0 Å². The topological polar surface area (TPSA) is 57.7 Å². The molecule has 142 valence electrons. The zero-order valence-corrected chi connectivity index (χ0v) is 16.4. The van der Waals surface area contributed by atoms with Crippen LogP contribution in [-0.4, -0.2) is 42.9 Å². The van der Waals surface area contributed by atoms with Gasteiger partial charge in [-0.15, -0.1) is 0 Å². The van der Waals surface area contributed by atoms with Crippen LogP contribution in [0.1, 0.15) is 23.6 Å². The van der Waals surface area contributed by atoms with Gasteiger partial charge in [-0.05, 0) is 42.2 Å². The first-order valence-electron chi connectivity index (χ1n) is 9.33. The maximum absolute atomic E-state index is 13.3. The van der Waals surface area contributed by atoms with E-state index in [1.165, 1.54) is 5.56 Å². The van der Waals surface area contributed by atoms with Gasteiger partial charge in [-0.3, -0.25) is 4.90 Å². The molecular weight excluding hydrogens is 360 g/mol. The van der Waals surface area contributed by atoms with Gasteiger partial charge in [-0.1, -0.05) is 43.3 Å². The smallest absolute Gasteiger partial charge is 0.314 e. The number of benzene rings is 2. The monoisotopic (exact) mass is 384 g/mol. The Hall–Kier alpha value is -2.34. The third-order valence-electron chi connectivity index (χ3n) is 5.70. The average Bonchev–Trinajstić information content (AvgIpc) is 3.07. The highest BCUT2D eigenvalue weighted by molar-refractivity contribution is 7.91. The van der Waals surface area contributed by atoms with Crippen LogP contribution in [0.4, 0.5) is 10.5 Å². The molecule has 4 rings (SSSR count). The van der Waals surface area contributed by atoms with Crippen LogP contribution >= 0.6 is 0 Å². The lowest BCUT2D eigenvalue weighted by molar-refractivity contribution is 0.205. The van der Waals surface area contributed by atoms with E-state index in [2.05, 4.69) is 6.92 Å². The van der Waals surface area contributed by atoms with Crippen LogP contribution in [-0.2, 0) is 22.8 Å². The van der Waals surface area contributed by atoms with Crippen molar-refractivity contribution in [2.75, 3.05) is 16.4 Å². The van der Waals surface area contributed by atoms with Gasteiger partial charge < -0.3 is 4.90 Å². The summed E-state index contributed by atoms with van der Waals surface area (Å²) in [5.41, 5.74) is 4.12. The molecule has 0 bridgehead atoms. The Morgan fingerprint density at radius 1 is 1.00 bits per heavy atom. The van der Waals surface area contributed by atoms with Gasteiger partial charge >= 0.3 is 6.03 Å². The highest BCUT2D eigenvalue weighted by Crippen LogP contribution is 2.36. The molecule has 2 heterocycles. The Bertz CT molecular complexity index is 969. The molecule has 0 radical (unpaired) electrons. The van der Waals surface area contributed by atoms with Gasteiger partial charge in [0.25, 0.3) is 0 Å². The SMILES string of the molecule is CCc1ccc(N2C(=O)N(Cc3ccccc3C)[C@H]3CS(=O)(=O)C[C@H]32)cc1. The molecule has 2 saturated heterocycles. The molecule has 0 aliphatic carbocycles. The molecule has 6 heteroatoms. The number of aryl methyl sites for hydroxylation is 2. The van der Waals surface area contributed by atoms with E-state index in [1.807, 2.05) is 55.5 Å². The van der Waals surface area contributed by atoms with Gasteiger partial charge in [-0.2, -0.15) is 0 Å². The second kappa shape index (κ2) is 6.68. The Morgan fingerprint density at radius 3 is 2.33 bits per heavy atom. The fraction of sp³-hybridized carbons (Fsp3) is 0.381. The maximum atomic E-state index is 13.3. The molecule has 2 atom stereocenters. The fourth-order valence-corrected chi connectivity index (χ4v) is 6.08. The van der Waals surface area contributed by atoms with E-state index in [1.54, 1.807) is 9.80 Å². The fourth-order valence-electron chi connectivity index (χ4n) is 4.13. The third kappa shape index (κ3) is 3.23. The highest BCUT2D eigenvalue weighted by atomic mass is 32.2. The number of amides is 2. The first kappa shape index (κ1) is 18.0. The molecule has 2 aromatic carbocycles. The summed E-state index contributed by atoms with van der Waals surface area (Å²) in [5, 5.41) is 0.